The highest BCUT2D eigenvalue weighted by atomic mass is 35.5. The monoisotopic (exact) mass is 550 g/mol. The molecule has 3 aromatic rings. The Hall–Kier alpha value is -2.04. The average molecular weight is 551 g/mol. The second kappa shape index (κ2) is 11.6. The van der Waals surface area contributed by atoms with Crippen molar-refractivity contribution < 1.29 is 13.2 Å². The van der Waals surface area contributed by atoms with Crippen LogP contribution in [0, 0.1) is 19.8 Å². The largest absolute Gasteiger partial charge is 0.308 e. The molecule has 2 aromatic carbocycles. The van der Waals surface area contributed by atoms with Gasteiger partial charge in [0.25, 0.3) is 5.91 Å². The maximum absolute atomic E-state index is 13.6. The van der Waals surface area contributed by atoms with Crippen molar-refractivity contribution >= 4 is 55.0 Å². The van der Waals surface area contributed by atoms with Crippen LogP contribution in [0.5, 0.6) is 0 Å². The number of piperidine rings is 1. The molecule has 2 heterocycles. The molecular weight excluding hydrogens is 516 g/mol. The summed E-state index contributed by atoms with van der Waals surface area (Å²) in [6, 6.07) is 10.5. The van der Waals surface area contributed by atoms with Gasteiger partial charge in [0.2, 0.25) is 10.0 Å². The number of nitrogens with zero attached hydrogens (tertiary/aromatic N) is 4. The van der Waals surface area contributed by atoms with Crippen molar-refractivity contribution in [1.29, 1.82) is 0 Å². The number of likely N-dealkylation sites (N-methyl/N-ethyl adjacent to an activating group) is 1. The van der Waals surface area contributed by atoms with Crippen molar-refractivity contribution in [1.82, 2.24) is 14.2 Å². The van der Waals surface area contributed by atoms with Crippen LogP contribution in [0.25, 0.3) is 10.2 Å². The van der Waals surface area contributed by atoms with E-state index in [0.717, 1.165) is 34.2 Å². The minimum Gasteiger partial charge on any atom is -0.308 e. The molecule has 10 heteroatoms. The zero-order valence-corrected chi connectivity index (χ0v) is 24.0. The number of sulfonamides is 1. The van der Waals surface area contributed by atoms with Gasteiger partial charge in [-0.25, -0.2) is 13.4 Å². The van der Waals surface area contributed by atoms with E-state index in [2.05, 4.69) is 19.9 Å². The molecule has 0 aliphatic carbocycles. The molecule has 1 amide bonds. The predicted molar refractivity (Wildman–Crippen MR) is 150 cm³/mol. The average Bonchev–Trinajstić information content (AvgIpc) is 3.23. The lowest BCUT2D eigenvalue weighted by molar-refractivity contribution is 0.0985. The maximum atomic E-state index is 13.6. The number of anilines is 1. The van der Waals surface area contributed by atoms with Crippen LogP contribution < -0.4 is 4.90 Å². The van der Waals surface area contributed by atoms with E-state index < -0.39 is 10.0 Å². The normalized spacial score (nSPS) is 16.8. The van der Waals surface area contributed by atoms with E-state index in [9.17, 15) is 13.2 Å². The van der Waals surface area contributed by atoms with E-state index in [1.807, 2.05) is 32.0 Å². The molecule has 1 atom stereocenters. The summed E-state index contributed by atoms with van der Waals surface area (Å²) in [7, 11) is 0.370. The summed E-state index contributed by atoms with van der Waals surface area (Å²) in [5.74, 6) is 0.168. The number of aromatic nitrogens is 1. The van der Waals surface area contributed by atoms with Crippen molar-refractivity contribution in [3.63, 3.8) is 0 Å². The maximum Gasteiger partial charge on any atom is 0.260 e. The van der Waals surface area contributed by atoms with Gasteiger partial charge in [0.1, 0.15) is 0 Å². The van der Waals surface area contributed by atoms with Gasteiger partial charge in [-0.05, 0) is 88.2 Å². The number of rotatable bonds is 7. The second-order valence-corrected chi connectivity index (χ2v) is 12.7. The molecule has 1 aliphatic rings. The second-order valence-electron chi connectivity index (χ2n) is 9.82. The van der Waals surface area contributed by atoms with Gasteiger partial charge in [-0.15, -0.1) is 12.4 Å². The number of benzene rings is 2. The first-order chi connectivity index (χ1) is 16.6. The number of thiazole rings is 1. The molecule has 0 bridgehead atoms. The van der Waals surface area contributed by atoms with Gasteiger partial charge in [-0.2, -0.15) is 4.31 Å². The fourth-order valence-corrected chi connectivity index (χ4v) is 7.14. The van der Waals surface area contributed by atoms with E-state index >= 15 is 0 Å². The Kier molecular flexibility index (Phi) is 9.16. The van der Waals surface area contributed by atoms with Gasteiger partial charge in [0.05, 0.1) is 15.1 Å². The number of aryl methyl sites for hydroxylation is 2. The third-order valence-corrected chi connectivity index (χ3v) is 9.52. The Morgan fingerprint density at radius 3 is 2.47 bits per heavy atom. The molecule has 0 spiro atoms. The Bertz CT molecular complexity index is 1320. The Balaban J connectivity index is 0.00000361. The fraction of sp³-hybridized carbons (Fsp3) is 0.462. The lowest BCUT2D eigenvalue weighted by atomic mass is 10.0. The third-order valence-electron chi connectivity index (χ3n) is 6.41. The van der Waals surface area contributed by atoms with Crippen LogP contribution >= 0.6 is 23.7 Å². The minimum absolute atomic E-state index is 0. The summed E-state index contributed by atoms with van der Waals surface area (Å²) in [5.41, 5.74) is 3.62. The number of fused-ring (bicyclic) bond motifs is 1. The molecule has 196 valence electrons. The quantitative estimate of drug-likeness (QED) is 0.415. The number of hydrogen-bond acceptors (Lipinski definition) is 6. The summed E-state index contributed by atoms with van der Waals surface area (Å²) in [4.78, 5) is 22.4. The van der Waals surface area contributed by atoms with Gasteiger partial charge >= 0.3 is 0 Å². The zero-order chi connectivity index (χ0) is 25.3. The molecule has 1 unspecified atom stereocenters. The van der Waals surface area contributed by atoms with Crippen molar-refractivity contribution in [3.05, 3.63) is 53.1 Å². The molecule has 1 fully saturated rings. The molecule has 0 saturated carbocycles. The highest BCUT2D eigenvalue weighted by molar-refractivity contribution is 7.89. The molecule has 1 aliphatic heterocycles. The van der Waals surface area contributed by atoms with Crippen LogP contribution in [-0.4, -0.2) is 68.8 Å². The summed E-state index contributed by atoms with van der Waals surface area (Å²) in [6.07, 6.45) is 1.92. The van der Waals surface area contributed by atoms with E-state index in [0.29, 0.717) is 42.8 Å². The first kappa shape index (κ1) is 28.5. The number of carbonyl (C=O) groups excluding carboxylic acids is 1. The lowest BCUT2D eigenvalue weighted by Gasteiger charge is -2.30. The fourth-order valence-electron chi connectivity index (χ4n) is 4.50. The van der Waals surface area contributed by atoms with Crippen molar-refractivity contribution in [3.8, 4) is 0 Å². The van der Waals surface area contributed by atoms with Crippen LogP contribution in [0.15, 0.2) is 41.3 Å². The number of carbonyl (C=O) groups is 1. The molecule has 36 heavy (non-hydrogen) atoms. The summed E-state index contributed by atoms with van der Waals surface area (Å²) < 4.78 is 28.9. The van der Waals surface area contributed by atoms with Gasteiger partial charge in [0.15, 0.2) is 5.13 Å². The highest BCUT2D eigenvalue weighted by Crippen LogP contribution is 2.33. The lowest BCUT2D eigenvalue weighted by Crippen LogP contribution is -2.39. The van der Waals surface area contributed by atoms with E-state index in [-0.39, 0.29) is 23.2 Å². The molecular formula is C26H35ClN4O3S2. The summed E-state index contributed by atoms with van der Waals surface area (Å²) in [5, 5.41) is 0.652. The molecule has 1 saturated heterocycles. The molecule has 4 rings (SSSR count). The van der Waals surface area contributed by atoms with Crippen LogP contribution in [0.3, 0.4) is 0 Å². The van der Waals surface area contributed by atoms with Crippen molar-refractivity contribution in [2.75, 3.05) is 45.2 Å². The van der Waals surface area contributed by atoms with Gasteiger partial charge in [-0.1, -0.05) is 24.3 Å². The van der Waals surface area contributed by atoms with Gasteiger partial charge < -0.3 is 4.90 Å². The SMILES string of the molecule is Cc1cc(C)c2sc(N(CCN(C)C)C(=O)c3ccc(S(=O)(=O)N4CCCC(C)C4)cc3)nc2c1.Cl. The summed E-state index contributed by atoms with van der Waals surface area (Å²) in [6.45, 7) is 8.43. The Morgan fingerprint density at radius 1 is 1.14 bits per heavy atom. The molecule has 7 nitrogen and oxygen atoms in total. The predicted octanol–water partition coefficient (Wildman–Crippen LogP) is 4.96. The first-order valence-electron chi connectivity index (χ1n) is 12.0. The topological polar surface area (TPSA) is 73.8 Å². The first-order valence-corrected chi connectivity index (χ1v) is 14.3. The molecule has 1 aromatic heterocycles. The summed E-state index contributed by atoms with van der Waals surface area (Å²) >= 11 is 1.51. The van der Waals surface area contributed by atoms with E-state index in [1.165, 1.54) is 11.3 Å². The molecule has 0 N–H and O–H groups in total. The number of hydrogen-bond donors (Lipinski definition) is 0. The van der Waals surface area contributed by atoms with E-state index in [1.54, 1.807) is 33.5 Å². The van der Waals surface area contributed by atoms with Crippen LogP contribution in [0.2, 0.25) is 0 Å². The standard InChI is InChI=1S/C26H34N4O3S2.ClH/c1-18-7-6-12-29(17-18)35(32,33)22-10-8-21(9-11-22)25(31)30(14-13-28(4)5)26-27-23-16-19(2)15-20(3)24(23)34-26;/h8-11,15-16,18H,6-7,12-14,17H2,1-5H3;1H. The van der Waals surface area contributed by atoms with Crippen LogP contribution in [0.4, 0.5) is 5.13 Å². The van der Waals surface area contributed by atoms with E-state index in [4.69, 9.17) is 4.98 Å². The minimum atomic E-state index is -3.57. The molecule has 0 radical (unpaired) electrons. The Morgan fingerprint density at radius 2 is 1.83 bits per heavy atom. The highest BCUT2D eigenvalue weighted by Gasteiger charge is 2.29. The zero-order valence-electron chi connectivity index (χ0n) is 21.5. The van der Waals surface area contributed by atoms with Crippen LogP contribution in [0.1, 0.15) is 41.3 Å². The number of halogens is 1. The van der Waals surface area contributed by atoms with Gasteiger partial charge in [0, 0.05) is 31.7 Å². The number of amides is 1. The van der Waals surface area contributed by atoms with Crippen LogP contribution in [-0.2, 0) is 10.0 Å². The smallest absolute Gasteiger partial charge is 0.260 e. The van der Waals surface area contributed by atoms with Crippen molar-refractivity contribution in [2.45, 2.75) is 38.5 Å². The third kappa shape index (κ3) is 6.08. The van der Waals surface area contributed by atoms with Gasteiger partial charge in [-0.3, -0.25) is 9.69 Å². The Labute approximate surface area is 224 Å². The van der Waals surface area contributed by atoms with Crippen molar-refractivity contribution in [2.24, 2.45) is 5.92 Å².